The summed E-state index contributed by atoms with van der Waals surface area (Å²) in [4.78, 5) is 0. The van der Waals surface area contributed by atoms with Gasteiger partial charge in [-0.3, -0.25) is 0 Å². The molecule has 0 aliphatic heterocycles. The lowest BCUT2D eigenvalue weighted by Crippen LogP contribution is -2.43. The van der Waals surface area contributed by atoms with E-state index in [1.54, 1.807) is 6.20 Å². The van der Waals surface area contributed by atoms with Crippen LogP contribution in [0.25, 0.3) is 5.57 Å². The summed E-state index contributed by atoms with van der Waals surface area (Å²) in [6.45, 7) is 14.4. The summed E-state index contributed by atoms with van der Waals surface area (Å²) < 4.78 is 0. The van der Waals surface area contributed by atoms with Gasteiger partial charge in [0, 0.05) is 0 Å². The highest BCUT2D eigenvalue weighted by molar-refractivity contribution is 5.68. The molecule has 1 aliphatic carbocycles. The highest BCUT2D eigenvalue weighted by Crippen LogP contribution is 2.45. The fourth-order valence-corrected chi connectivity index (χ4v) is 3.14. The lowest BCUT2D eigenvalue weighted by Gasteiger charge is -2.33. The molecule has 0 aromatic heterocycles. The zero-order valence-corrected chi connectivity index (χ0v) is 14.0. The molecule has 0 heterocycles. The van der Waals surface area contributed by atoms with Crippen molar-refractivity contribution >= 4 is 5.57 Å². The Morgan fingerprint density at radius 3 is 2.55 bits per heavy atom. The molecule has 0 bridgehead atoms. The molecule has 1 atom stereocenters. The first-order valence-corrected chi connectivity index (χ1v) is 8.01. The summed E-state index contributed by atoms with van der Waals surface area (Å²) in [7, 11) is 0. The van der Waals surface area contributed by atoms with Gasteiger partial charge >= 0.3 is 0 Å². The van der Waals surface area contributed by atoms with Crippen LogP contribution in [-0.4, -0.2) is 5.54 Å². The Hall–Kier alpha value is -2.02. The molecule has 0 radical (unpaired) electrons. The van der Waals surface area contributed by atoms with Gasteiger partial charge in [0.1, 0.15) is 0 Å². The van der Waals surface area contributed by atoms with Gasteiger partial charge in [0.15, 0.2) is 0 Å². The van der Waals surface area contributed by atoms with Crippen LogP contribution in [0.1, 0.15) is 37.8 Å². The van der Waals surface area contributed by atoms with Crippen LogP contribution in [0.15, 0.2) is 67.4 Å². The molecule has 1 aliphatic rings. The largest absolute Gasteiger partial charge is 0.378 e. The van der Waals surface area contributed by atoms with Crippen LogP contribution in [0.2, 0.25) is 0 Å². The third-order valence-electron chi connectivity index (χ3n) is 4.52. The molecule has 1 saturated carbocycles. The van der Waals surface area contributed by atoms with Crippen molar-refractivity contribution in [1.82, 2.24) is 5.32 Å². The molecule has 22 heavy (non-hydrogen) atoms. The third kappa shape index (κ3) is 3.24. The minimum absolute atomic E-state index is 0.193. The minimum Gasteiger partial charge on any atom is -0.378 e. The second-order valence-corrected chi connectivity index (χ2v) is 6.14. The first kappa shape index (κ1) is 16.4. The monoisotopic (exact) mass is 293 g/mol. The van der Waals surface area contributed by atoms with Gasteiger partial charge in [0.2, 0.25) is 0 Å². The van der Waals surface area contributed by atoms with Crippen LogP contribution >= 0.6 is 0 Å². The van der Waals surface area contributed by atoms with Gasteiger partial charge in [-0.2, -0.15) is 0 Å². The smallest absolute Gasteiger partial charge is 0.0827 e. The zero-order valence-electron chi connectivity index (χ0n) is 14.0. The number of allylic oxidation sites excluding steroid dienone is 2. The van der Waals surface area contributed by atoms with E-state index in [1.165, 1.54) is 35.1 Å². The van der Waals surface area contributed by atoms with Gasteiger partial charge in [-0.15, -0.1) is 6.58 Å². The van der Waals surface area contributed by atoms with E-state index in [2.05, 4.69) is 75.7 Å². The summed E-state index contributed by atoms with van der Waals surface area (Å²) in [5, 5.41) is 3.46. The predicted molar refractivity (Wildman–Crippen MR) is 97.6 cm³/mol. The average Bonchev–Trinajstić information content (AvgIpc) is 3.35. The lowest BCUT2D eigenvalue weighted by molar-refractivity contribution is 0.474. The predicted octanol–water partition coefficient (Wildman–Crippen LogP) is 5.41. The van der Waals surface area contributed by atoms with Crippen molar-refractivity contribution in [3.8, 4) is 0 Å². The molecular weight excluding hydrogens is 266 g/mol. The second kappa shape index (κ2) is 6.83. The Bertz CT molecular complexity index is 617. The number of benzene rings is 1. The van der Waals surface area contributed by atoms with Crippen LogP contribution in [-0.2, 0) is 0 Å². The van der Waals surface area contributed by atoms with Crippen LogP contribution in [0.4, 0.5) is 0 Å². The van der Waals surface area contributed by atoms with Crippen molar-refractivity contribution in [2.75, 3.05) is 0 Å². The minimum atomic E-state index is -0.193. The number of aryl methyl sites for hydroxylation is 1. The van der Waals surface area contributed by atoms with E-state index in [0.29, 0.717) is 5.92 Å². The Morgan fingerprint density at radius 1 is 1.32 bits per heavy atom. The van der Waals surface area contributed by atoms with Gasteiger partial charge in [0.05, 0.1) is 5.54 Å². The van der Waals surface area contributed by atoms with E-state index in [-0.39, 0.29) is 5.54 Å². The summed E-state index contributed by atoms with van der Waals surface area (Å²) in [5.41, 5.74) is 4.90. The Kier molecular flexibility index (Phi) is 5.07. The maximum absolute atomic E-state index is 4.10. The first-order chi connectivity index (χ1) is 10.6. The van der Waals surface area contributed by atoms with Gasteiger partial charge < -0.3 is 5.32 Å². The fourth-order valence-electron chi connectivity index (χ4n) is 3.14. The zero-order chi connectivity index (χ0) is 16.2. The van der Waals surface area contributed by atoms with Crippen molar-refractivity contribution in [2.24, 2.45) is 5.92 Å². The third-order valence-corrected chi connectivity index (χ3v) is 4.52. The van der Waals surface area contributed by atoms with Gasteiger partial charge in [-0.05, 0) is 62.4 Å². The highest BCUT2D eigenvalue weighted by atomic mass is 15.0. The first-order valence-electron chi connectivity index (χ1n) is 8.01. The number of hydrogen-bond acceptors (Lipinski definition) is 1. The van der Waals surface area contributed by atoms with Crippen molar-refractivity contribution in [2.45, 2.75) is 39.2 Å². The summed E-state index contributed by atoms with van der Waals surface area (Å²) in [5.74, 6) is 0.607. The van der Waals surface area contributed by atoms with E-state index >= 15 is 0 Å². The average molecular weight is 293 g/mol. The van der Waals surface area contributed by atoms with Crippen molar-refractivity contribution in [1.29, 1.82) is 0 Å². The van der Waals surface area contributed by atoms with Crippen LogP contribution in [0.3, 0.4) is 0 Å². The van der Waals surface area contributed by atoms with Crippen molar-refractivity contribution < 1.29 is 0 Å². The molecule has 1 unspecified atom stereocenters. The Morgan fingerprint density at radius 2 is 2.05 bits per heavy atom. The van der Waals surface area contributed by atoms with Crippen LogP contribution in [0.5, 0.6) is 0 Å². The standard InChI is InChI=1S/C21H27N/c1-6-19(21(7-2,22-8-3)20-12-13-20)15-17(5)18-11-9-10-16(4)14-18/h6-11,14-15,20,22H,2-3,12-13H2,1,4-5H3/b17-15+,19-6+. The topological polar surface area (TPSA) is 12.0 Å². The van der Waals surface area contributed by atoms with E-state index < -0.39 is 0 Å². The second-order valence-electron chi connectivity index (χ2n) is 6.14. The molecule has 0 saturated heterocycles. The molecule has 0 spiro atoms. The molecule has 116 valence electrons. The highest BCUT2D eigenvalue weighted by Gasteiger charge is 2.44. The molecule has 2 rings (SSSR count). The van der Waals surface area contributed by atoms with Crippen LogP contribution in [0, 0.1) is 12.8 Å². The van der Waals surface area contributed by atoms with Gasteiger partial charge in [-0.25, -0.2) is 0 Å². The van der Waals surface area contributed by atoms with E-state index in [0.717, 1.165) is 0 Å². The van der Waals surface area contributed by atoms with E-state index in [1.807, 2.05) is 6.08 Å². The molecule has 1 fully saturated rings. The normalized spacial score (nSPS) is 18.5. The molecule has 0 amide bonds. The molecule has 1 nitrogen and oxygen atoms in total. The van der Waals surface area contributed by atoms with Crippen LogP contribution < -0.4 is 5.32 Å². The van der Waals surface area contributed by atoms with Gasteiger partial charge in [-0.1, -0.05) is 54.6 Å². The maximum Gasteiger partial charge on any atom is 0.0827 e. The van der Waals surface area contributed by atoms with Gasteiger partial charge in [0.25, 0.3) is 0 Å². The molecule has 1 N–H and O–H groups in total. The maximum atomic E-state index is 4.10. The summed E-state index contributed by atoms with van der Waals surface area (Å²) >= 11 is 0. The lowest BCUT2D eigenvalue weighted by atomic mass is 9.82. The number of nitrogens with one attached hydrogen (secondary N) is 1. The van der Waals surface area contributed by atoms with E-state index in [4.69, 9.17) is 0 Å². The van der Waals surface area contributed by atoms with Crippen molar-refractivity contribution in [3.63, 3.8) is 0 Å². The fraction of sp³-hybridized carbons (Fsp3) is 0.333. The number of hydrogen-bond donors (Lipinski definition) is 1. The molecule has 1 heteroatoms. The quantitative estimate of drug-likeness (QED) is 0.523. The molecule has 1 aromatic rings. The number of rotatable bonds is 7. The molecular formula is C21H27N. The van der Waals surface area contributed by atoms with Crippen molar-refractivity contribution in [3.05, 3.63) is 78.6 Å². The Balaban J connectivity index is 2.40. The summed E-state index contributed by atoms with van der Waals surface area (Å²) in [6.07, 6.45) is 10.8. The summed E-state index contributed by atoms with van der Waals surface area (Å²) in [6, 6.07) is 8.64. The molecule has 1 aromatic carbocycles. The Labute approximate surface area is 135 Å². The SMILES string of the molecule is C=CNC(C=C)(C(/C=C(\C)c1cccc(C)c1)=C/C)C1CC1. The van der Waals surface area contributed by atoms with E-state index in [9.17, 15) is 0 Å².